The first-order valence-electron chi connectivity index (χ1n) is 6.66. The maximum atomic E-state index is 13.5. The summed E-state index contributed by atoms with van der Waals surface area (Å²) in [6.45, 7) is 3.96. The van der Waals surface area contributed by atoms with Crippen molar-refractivity contribution in [3.8, 4) is 0 Å². The molecular weight excluding hydrogens is 301 g/mol. The van der Waals surface area contributed by atoms with Crippen LogP contribution < -0.4 is 16.2 Å². The number of carbonyl (C=O) groups excluding carboxylic acids is 1. The Morgan fingerprint density at radius 2 is 1.68 bits per heavy atom. The number of rotatable bonds is 2. The summed E-state index contributed by atoms with van der Waals surface area (Å²) in [5, 5.41) is 3.17. The van der Waals surface area contributed by atoms with Crippen molar-refractivity contribution < 1.29 is 9.18 Å². The lowest BCUT2D eigenvalue weighted by Crippen LogP contribution is -2.44. The lowest BCUT2D eigenvalue weighted by atomic mass is 10.1. The van der Waals surface area contributed by atoms with Crippen molar-refractivity contribution in [1.82, 2.24) is 10.9 Å². The molecule has 0 saturated heterocycles. The van der Waals surface area contributed by atoms with Gasteiger partial charge in [-0.05, 0) is 61.5 Å². The Kier molecular flexibility index (Phi) is 5.06. The average Bonchev–Trinajstić information content (AvgIpc) is 2.44. The highest BCUT2D eigenvalue weighted by Crippen LogP contribution is 2.13. The molecule has 0 aliphatic heterocycles. The van der Waals surface area contributed by atoms with Crippen molar-refractivity contribution in [3.63, 3.8) is 0 Å². The van der Waals surface area contributed by atoms with E-state index in [1.54, 1.807) is 6.07 Å². The molecule has 6 heteroatoms. The van der Waals surface area contributed by atoms with Gasteiger partial charge in [0.1, 0.15) is 5.82 Å². The third-order valence-corrected chi connectivity index (χ3v) is 3.09. The number of thiocarbonyl (C=S) groups is 1. The molecule has 2 aromatic carbocycles. The van der Waals surface area contributed by atoms with Gasteiger partial charge in [-0.25, -0.2) is 4.39 Å². The zero-order valence-electron chi connectivity index (χ0n) is 12.2. The fraction of sp³-hybridized carbons (Fsp3) is 0.125. The van der Waals surface area contributed by atoms with Gasteiger partial charge in [-0.1, -0.05) is 18.2 Å². The molecule has 0 aliphatic rings. The lowest BCUT2D eigenvalue weighted by Gasteiger charge is -2.13. The smallest absolute Gasteiger partial charge is 0.272 e. The summed E-state index contributed by atoms with van der Waals surface area (Å²) >= 11 is 5.09. The minimum atomic E-state index is -0.595. The van der Waals surface area contributed by atoms with Crippen molar-refractivity contribution in [3.05, 3.63) is 65.0 Å². The van der Waals surface area contributed by atoms with Crippen LogP contribution >= 0.6 is 12.2 Å². The van der Waals surface area contributed by atoms with Gasteiger partial charge in [-0.3, -0.25) is 15.6 Å². The topological polar surface area (TPSA) is 53.2 Å². The second-order valence-electron chi connectivity index (χ2n) is 4.89. The van der Waals surface area contributed by atoms with Crippen LogP contribution in [0.25, 0.3) is 0 Å². The highest BCUT2D eigenvalue weighted by atomic mass is 32.1. The number of amides is 1. The van der Waals surface area contributed by atoms with E-state index in [9.17, 15) is 9.18 Å². The monoisotopic (exact) mass is 317 g/mol. The summed E-state index contributed by atoms with van der Waals surface area (Å²) in [6, 6.07) is 11.6. The van der Waals surface area contributed by atoms with E-state index in [4.69, 9.17) is 12.2 Å². The summed E-state index contributed by atoms with van der Waals surface area (Å²) in [7, 11) is 0. The molecular formula is C16H16FN3OS. The Bertz CT molecular complexity index is 698. The second kappa shape index (κ2) is 7.00. The molecule has 0 radical (unpaired) electrons. The largest absolute Gasteiger partial charge is 0.331 e. The number of carbonyl (C=O) groups is 1. The van der Waals surface area contributed by atoms with Gasteiger partial charge in [0.2, 0.25) is 0 Å². The highest BCUT2D eigenvalue weighted by molar-refractivity contribution is 7.80. The Morgan fingerprint density at radius 3 is 2.32 bits per heavy atom. The molecule has 0 saturated carbocycles. The van der Waals surface area contributed by atoms with Gasteiger partial charge >= 0.3 is 0 Å². The van der Waals surface area contributed by atoms with Gasteiger partial charge in [0, 0.05) is 5.69 Å². The molecule has 0 fully saturated rings. The maximum absolute atomic E-state index is 13.5. The first-order chi connectivity index (χ1) is 10.5. The third kappa shape index (κ3) is 4.26. The normalized spacial score (nSPS) is 9.95. The zero-order valence-corrected chi connectivity index (χ0v) is 13.1. The molecule has 0 heterocycles. The summed E-state index contributed by atoms with van der Waals surface area (Å²) in [6.07, 6.45) is 0. The van der Waals surface area contributed by atoms with Crippen molar-refractivity contribution >= 4 is 28.9 Å². The summed E-state index contributed by atoms with van der Waals surface area (Å²) in [4.78, 5) is 11.8. The van der Waals surface area contributed by atoms with Crippen LogP contribution in [0.15, 0.2) is 42.5 Å². The van der Waals surface area contributed by atoms with Gasteiger partial charge in [-0.2, -0.15) is 0 Å². The Labute approximate surface area is 133 Å². The van der Waals surface area contributed by atoms with Crippen LogP contribution in [0.4, 0.5) is 10.1 Å². The van der Waals surface area contributed by atoms with Crippen LogP contribution in [0.2, 0.25) is 0 Å². The highest BCUT2D eigenvalue weighted by Gasteiger charge is 2.10. The van der Waals surface area contributed by atoms with Crippen molar-refractivity contribution in [2.45, 2.75) is 13.8 Å². The first-order valence-corrected chi connectivity index (χ1v) is 7.06. The molecule has 2 aromatic rings. The van der Waals surface area contributed by atoms with Gasteiger partial charge in [0.25, 0.3) is 5.91 Å². The fourth-order valence-corrected chi connectivity index (χ4v) is 2.20. The predicted octanol–water partition coefficient (Wildman–Crippen LogP) is 3.07. The van der Waals surface area contributed by atoms with Crippen LogP contribution in [0.3, 0.4) is 0 Å². The van der Waals surface area contributed by atoms with Crippen LogP contribution in [0, 0.1) is 19.7 Å². The molecule has 4 nitrogen and oxygen atoms in total. The van der Waals surface area contributed by atoms with Crippen molar-refractivity contribution in [2.24, 2.45) is 0 Å². The summed E-state index contributed by atoms with van der Waals surface area (Å²) in [5.74, 6) is -1.18. The Hall–Kier alpha value is -2.47. The first kappa shape index (κ1) is 15.9. The average molecular weight is 317 g/mol. The molecule has 1 amide bonds. The van der Waals surface area contributed by atoms with Crippen molar-refractivity contribution in [1.29, 1.82) is 0 Å². The minimum Gasteiger partial charge on any atom is -0.331 e. The molecule has 3 N–H and O–H groups in total. The lowest BCUT2D eigenvalue weighted by molar-refractivity contribution is 0.0940. The van der Waals surface area contributed by atoms with Crippen LogP contribution in [0.1, 0.15) is 21.5 Å². The fourth-order valence-electron chi connectivity index (χ4n) is 2.04. The maximum Gasteiger partial charge on any atom is 0.272 e. The number of hydrogen-bond acceptors (Lipinski definition) is 2. The van der Waals surface area contributed by atoms with Gasteiger partial charge in [0.15, 0.2) is 5.11 Å². The van der Waals surface area contributed by atoms with Crippen LogP contribution in [-0.2, 0) is 0 Å². The van der Waals surface area contributed by atoms with E-state index in [0.29, 0.717) is 0 Å². The van der Waals surface area contributed by atoms with Gasteiger partial charge in [0.05, 0.1) is 5.56 Å². The molecule has 22 heavy (non-hydrogen) atoms. The second-order valence-corrected chi connectivity index (χ2v) is 5.30. The standard InChI is InChI=1S/C16H16FN3OS/c1-10-7-11(2)9-12(8-10)18-16(22)20-19-15(21)13-5-3-4-6-14(13)17/h3-9H,1-2H3,(H,19,21)(H2,18,20,22). The number of anilines is 1. The van der Waals surface area contributed by atoms with Crippen LogP contribution in [-0.4, -0.2) is 11.0 Å². The van der Waals surface area contributed by atoms with E-state index in [1.165, 1.54) is 18.2 Å². The molecule has 0 aromatic heterocycles. The third-order valence-electron chi connectivity index (χ3n) is 2.89. The number of hydrogen-bond donors (Lipinski definition) is 3. The molecule has 114 valence electrons. The van der Waals surface area contributed by atoms with E-state index in [2.05, 4.69) is 16.2 Å². The molecule has 0 unspecified atom stereocenters. The Balaban J connectivity index is 1.93. The number of hydrazine groups is 1. The van der Waals surface area contributed by atoms with Gasteiger partial charge in [-0.15, -0.1) is 0 Å². The van der Waals surface area contributed by atoms with E-state index >= 15 is 0 Å². The van der Waals surface area contributed by atoms with Crippen molar-refractivity contribution in [2.75, 3.05) is 5.32 Å². The minimum absolute atomic E-state index is 0.0517. The van der Waals surface area contributed by atoms with E-state index in [-0.39, 0.29) is 10.7 Å². The van der Waals surface area contributed by atoms with E-state index in [1.807, 2.05) is 32.0 Å². The van der Waals surface area contributed by atoms with E-state index in [0.717, 1.165) is 16.8 Å². The molecule has 0 atom stereocenters. The van der Waals surface area contributed by atoms with Gasteiger partial charge < -0.3 is 5.32 Å². The van der Waals surface area contributed by atoms with E-state index < -0.39 is 11.7 Å². The number of halogens is 1. The Morgan fingerprint density at radius 1 is 1.05 bits per heavy atom. The summed E-state index contributed by atoms with van der Waals surface area (Å²) in [5.41, 5.74) is 7.87. The quantitative estimate of drug-likeness (QED) is 0.588. The molecule has 2 rings (SSSR count). The summed E-state index contributed by atoms with van der Waals surface area (Å²) < 4.78 is 13.5. The number of benzene rings is 2. The molecule has 0 aliphatic carbocycles. The zero-order chi connectivity index (χ0) is 16.1. The SMILES string of the molecule is Cc1cc(C)cc(NC(=S)NNC(=O)c2ccccc2F)c1. The molecule has 0 spiro atoms. The molecule has 0 bridgehead atoms. The van der Waals surface area contributed by atoms with Crippen LogP contribution in [0.5, 0.6) is 0 Å². The predicted molar refractivity (Wildman–Crippen MR) is 89.1 cm³/mol. The number of aryl methyl sites for hydroxylation is 2. The number of nitrogens with one attached hydrogen (secondary N) is 3.